The average Bonchev–Trinajstić information content (AvgIpc) is 2.98. The molecule has 0 fully saturated rings. The van der Waals surface area contributed by atoms with Gasteiger partial charge in [0.2, 0.25) is 0 Å². The van der Waals surface area contributed by atoms with Crippen LogP contribution in [0.4, 0.5) is 4.79 Å². The zero-order valence-electron chi connectivity index (χ0n) is 15.9. The second-order valence-corrected chi connectivity index (χ2v) is 8.13. The van der Waals surface area contributed by atoms with Crippen molar-refractivity contribution in [3.8, 4) is 17.3 Å². The number of nitriles is 1. The van der Waals surface area contributed by atoms with Crippen LogP contribution in [0.15, 0.2) is 18.2 Å². The highest BCUT2D eigenvalue weighted by Crippen LogP contribution is 2.31. The molecule has 3 N–H and O–H groups in total. The van der Waals surface area contributed by atoms with Crippen LogP contribution in [0.3, 0.4) is 0 Å². The summed E-state index contributed by atoms with van der Waals surface area (Å²) < 4.78 is 1.71. The number of nitrogens with zero attached hydrogens (tertiary/aromatic N) is 4. The van der Waals surface area contributed by atoms with Crippen molar-refractivity contribution in [3.05, 3.63) is 40.0 Å². The second kappa shape index (κ2) is 7.17. The number of primary amides is 1. The molecule has 0 bridgehead atoms. The Morgan fingerprint density at radius 1 is 1.29 bits per heavy atom. The van der Waals surface area contributed by atoms with E-state index in [1.807, 2.05) is 20.8 Å². The molecule has 8 nitrogen and oxygen atoms in total. The third kappa shape index (κ3) is 3.94. The smallest absolute Gasteiger partial charge is 0.315 e. The Hall–Kier alpha value is -3.05. The number of carbonyl (C=O) groups excluding carboxylic acids is 2. The molecule has 0 saturated heterocycles. The molecule has 0 radical (unpaired) electrons. The summed E-state index contributed by atoms with van der Waals surface area (Å²) in [5.74, 6) is -0.312. The topological polar surface area (TPSA) is 117 Å². The molecule has 2 aromatic rings. The fourth-order valence-corrected chi connectivity index (χ4v) is 3.38. The van der Waals surface area contributed by atoms with E-state index in [-0.39, 0.29) is 12.5 Å². The number of carbonyl (C=O) groups is 2. The van der Waals surface area contributed by atoms with Gasteiger partial charge in [-0.3, -0.25) is 9.48 Å². The number of nitrogens with one attached hydrogen (secondary N) is 1. The Bertz CT molecular complexity index is 999. The summed E-state index contributed by atoms with van der Waals surface area (Å²) in [7, 11) is 0. The van der Waals surface area contributed by atoms with Gasteiger partial charge in [-0.25, -0.2) is 4.79 Å². The molecule has 0 unspecified atom stereocenters. The lowest BCUT2D eigenvalue weighted by Crippen LogP contribution is -2.44. The Balaban J connectivity index is 2.18. The zero-order chi connectivity index (χ0) is 20.6. The summed E-state index contributed by atoms with van der Waals surface area (Å²) >= 11 is 6.15. The Labute approximate surface area is 167 Å². The van der Waals surface area contributed by atoms with Gasteiger partial charge in [-0.2, -0.15) is 10.4 Å². The van der Waals surface area contributed by atoms with Gasteiger partial charge in [0, 0.05) is 22.7 Å². The van der Waals surface area contributed by atoms with E-state index < -0.39 is 11.6 Å². The van der Waals surface area contributed by atoms with E-state index >= 15 is 0 Å². The summed E-state index contributed by atoms with van der Waals surface area (Å²) in [6, 6.07) is 6.36. The van der Waals surface area contributed by atoms with Gasteiger partial charge in [0.1, 0.15) is 5.69 Å². The molecular weight excluding hydrogens is 380 g/mol. The average molecular weight is 401 g/mol. The van der Waals surface area contributed by atoms with Crippen LogP contribution in [0.2, 0.25) is 5.02 Å². The van der Waals surface area contributed by atoms with Crippen LogP contribution in [-0.4, -0.2) is 38.7 Å². The van der Waals surface area contributed by atoms with Gasteiger partial charge in [-0.05, 0) is 39.0 Å². The summed E-state index contributed by atoms with van der Waals surface area (Å²) in [6.07, 6.45) is 0. The van der Waals surface area contributed by atoms with Crippen molar-refractivity contribution in [1.82, 2.24) is 20.0 Å². The normalized spacial score (nSPS) is 13.6. The predicted octanol–water partition coefficient (Wildman–Crippen LogP) is 2.50. The first-order valence-electron chi connectivity index (χ1n) is 8.76. The number of fused-ring (bicyclic) bond motifs is 1. The maximum Gasteiger partial charge on any atom is 0.315 e. The number of nitrogens with two attached hydrogens (primary N) is 1. The van der Waals surface area contributed by atoms with E-state index in [1.165, 1.54) is 4.90 Å². The van der Waals surface area contributed by atoms with Crippen LogP contribution in [0.25, 0.3) is 11.3 Å². The van der Waals surface area contributed by atoms with E-state index in [4.69, 9.17) is 17.3 Å². The lowest BCUT2D eigenvalue weighted by Gasteiger charge is -2.27. The fraction of sp³-hybridized carbons (Fsp3) is 0.368. The molecule has 1 aliphatic heterocycles. The number of urea groups is 1. The molecule has 0 atom stereocenters. The molecule has 2 heterocycles. The number of rotatable bonds is 2. The van der Waals surface area contributed by atoms with E-state index in [9.17, 15) is 14.9 Å². The minimum atomic E-state index is -0.550. The minimum Gasteiger partial charge on any atom is -0.351 e. The maximum absolute atomic E-state index is 13.1. The van der Waals surface area contributed by atoms with Crippen LogP contribution in [0, 0.1) is 11.3 Å². The molecule has 28 heavy (non-hydrogen) atoms. The fourth-order valence-electron chi connectivity index (χ4n) is 3.14. The lowest BCUT2D eigenvalue weighted by atomic mass is 10.0. The molecule has 0 aliphatic carbocycles. The van der Waals surface area contributed by atoms with Gasteiger partial charge < -0.3 is 16.0 Å². The van der Waals surface area contributed by atoms with Crippen molar-refractivity contribution in [2.45, 2.75) is 39.4 Å². The zero-order valence-corrected chi connectivity index (χ0v) is 16.7. The van der Waals surface area contributed by atoms with Gasteiger partial charge in [0.15, 0.2) is 0 Å². The van der Waals surface area contributed by atoms with Crippen molar-refractivity contribution < 1.29 is 9.59 Å². The van der Waals surface area contributed by atoms with Gasteiger partial charge in [0.25, 0.3) is 5.91 Å². The molecule has 146 valence electrons. The van der Waals surface area contributed by atoms with Gasteiger partial charge in [-0.1, -0.05) is 11.6 Å². The van der Waals surface area contributed by atoms with Gasteiger partial charge in [0.05, 0.1) is 36.0 Å². The molecule has 3 rings (SSSR count). The number of benzene rings is 1. The molecule has 9 heteroatoms. The van der Waals surface area contributed by atoms with Crippen LogP contribution in [0.5, 0.6) is 0 Å². The van der Waals surface area contributed by atoms with Gasteiger partial charge >= 0.3 is 6.03 Å². The largest absolute Gasteiger partial charge is 0.351 e. The second-order valence-electron chi connectivity index (χ2n) is 7.70. The molecule has 1 aromatic carbocycles. The standard InChI is InChI=1S/C19H21ClN6O2/c1-19(2,3)23-17(27)15-14-10-25(18(22)28)4-5-26(14)24-16(15)12-6-11(9-21)7-13(20)8-12/h6-8H,4-5,10H2,1-3H3,(H2,22,28)(H,23,27). The first-order chi connectivity index (χ1) is 13.1. The minimum absolute atomic E-state index is 0.181. The Morgan fingerprint density at radius 3 is 2.61 bits per heavy atom. The van der Waals surface area contributed by atoms with Crippen LogP contribution >= 0.6 is 11.6 Å². The number of hydrogen-bond acceptors (Lipinski definition) is 4. The van der Waals surface area contributed by atoms with Crippen molar-refractivity contribution in [1.29, 1.82) is 5.26 Å². The van der Waals surface area contributed by atoms with E-state index in [0.717, 1.165) is 0 Å². The van der Waals surface area contributed by atoms with Crippen molar-refractivity contribution in [2.24, 2.45) is 5.73 Å². The van der Waals surface area contributed by atoms with E-state index in [0.29, 0.717) is 46.2 Å². The monoisotopic (exact) mass is 400 g/mol. The first kappa shape index (κ1) is 19.7. The molecule has 1 aliphatic rings. The summed E-state index contributed by atoms with van der Waals surface area (Å²) in [5, 5.41) is 17.2. The number of aromatic nitrogens is 2. The first-order valence-corrected chi connectivity index (χ1v) is 9.14. The highest BCUT2D eigenvalue weighted by atomic mass is 35.5. The lowest BCUT2D eigenvalue weighted by molar-refractivity contribution is 0.0916. The predicted molar refractivity (Wildman–Crippen MR) is 105 cm³/mol. The molecular formula is C19H21ClN6O2. The number of hydrogen-bond donors (Lipinski definition) is 2. The summed E-state index contributed by atoms with van der Waals surface area (Å²) in [5.41, 5.74) is 7.27. The van der Waals surface area contributed by atoms with Crippen molar-refractivity contribution >= 4 is 23.5 Å². The SMILES string of the molecule is CC(C)(C)NC(=O)c1c(-c2cc(Cl)cc(C#N)c2)nn2c1CN(C(N)=O)CC2. The van der Waals surface area contributed by atoms with Gasteiger partial charge in [-0.15, -0.1) is 0 Å². The highest BCUT2D eigenvalue weighted by molar-refractivity contribution is 6.31. The van der Waals surface area contributed by atoms with Crippen LogP contribution in [0.1, 0.15) is 42.4 Å². The molecule has 1 aromatic heterocycles. The van der Waals surface area contributed by atoms with Crippen LogP contribution < -0.4 is 11.1 Å². The molecule has 0 spiro atoms. The Kier molecular flexibility index (Phi) is 5.04. The quantitative estimate of drug-likeness (QED) is 0.805. The highest BCUT2D eigenvalue weighted by Gasteiger charge is 2.31. The van der Waals surface area contributed by atoms with E-state index in [1.54, 1.807) is 22.9 Å². The maximum atomic E-state index is 13.1. The third-order valence-corrected chi connectivity index (χ3v) is 4.53. The Morgan fingerprint density at radius 2 is 2.00 bits per heavy atom. The molecule has 0 saturated carbocycles. The number of amides is 3. The van der Waals surface area contributed by atoms with Crippen molar-refractivity contribution in [3.63, 3.8) is 0 Å². The van der Waals surface area contributed by atoms with Crippen molar-refractivity contribution in [2.75, 3.05) is 6.54 Å². The van der Waals surface area contributed by atoms with E-state index in [2.05, 4.69) is 16.5 Å². The number of halogens is 1. The third-order valence-electron chi connectivity index (χ3n) is 4.31. The molecule has 3 amide bonds. The summed E-state index contributed by atoms with van der Waals surface area (Å²) in [6.45, 7) is 6.64. The summed E-state index contributed by atoms with van der Waals surface area (Å²) in [4.78, 5) is 26.2. The van der Waals surface area contributed by atoms with Crippen LogP contribution in [-0.2, 0) is 13.1 Å².